The maximum Gasteiger partial charge on any atom is 0.338 e. The Kier molecular flexibility index (Phi) is 7.34. The van der Waals surface area contributed by atoms with E-state index in [2.05, 4.69) is 10.0 Å². The van der Waals surface area contributed by atoms with Crippen LogP contribution in [0.3, 0.4) is 0 Å². The molecule has 0 bridgehead atoms. The molecule has 0 aromatic heterocycles. The van der Waals surface area contributed by atoms with Gasteiger partial charge < -0.3 is 10.1 Å². The van der Waals surface area contributed by atoms with Crippen molar-refractivity contribution in [1.29, 1.82) is 0 Å². The largest absolute Gasteiger partial charge is 0.452 e. The molecule has 2 N–H and O–H groups in total. The highest BCUT2D eigenvalue weighted by molar-refractivity contribution is 7.95. The number of rotatable bonds is 8. The molecule has 0 aliphatic heterocycles. The van der Waals surface area contributed by atoms with Crippen LogP contribution in [0.1, 0.15) is 29.8 Å². The first-order valence-corrected chi connectivity index (χ1v) is 10.1. The van der Waals surface area contributed by atoms with Crippen LogP contribution in [0.2, 0.25) is 0 Å². The Morgan fingerprint density at radius 1 is 1.07 bits per heavy atom. The molecule has 0 atom stereocenters. The van der Waals surface area contributed by atoms with Gasteiger partial charge in [0.05, 0.1) is 11.0 Å². The van der Waals surface area contributed by atoms with E-state index in [1.807, 2.05) is 6.07 Å². The first kappa shape index (κ1) is 21.2. The Balaban J connectivity index is 2.01. The summed E-state index contributed by atoms with van der Waals surface area (Å²) < 4.78 is 31.7. The van der Waals surface area contributed by atoms with Gasteiger partial charge in [0.15, 0.2) is 6.61 Å². The van der Waals surface area contributed by atoms with Crippen molar-refractivity contribution in [2.45, 2.75) is 19.9 Å². The molecule has 2 aromatic rings. The van der Waals surface area contributed by atoms with Crippen LogP contribution in [0.25, 0.3) is 6.08 Å². The predicted octanol–water partition coefficient (Wildman–Crippen LogP) is 2.78. The molecular formula is C20H22N2O5S. The third-order valence-electron chi connectivity index (χ3n) is 3.38. The number of benzene rings is 2. The van der Waals surface area contributed by atoms with Crippen molar-refractivity contribution in [3.63, 3.8) is 0 Å². The zero-order valence-electron chi connectivity index (χ0n) is 15.6. The van der Waals surface area contributed by atoms with Gasteiger partial charge in [-0.1, -0.05) is 36.4 Å². The van der Waals surface area contributed by atoms with Crippen LogP contribution in [-0.2, 0) is 19.6 Å². The molecule has 0 aliphatic rings. The number of anilines is 1. The van der Waals surface area contributed by atoms with E-state index < -0.39 is 28.5 Å². The number of carbonyl (C=O) groups is 2. The van der Waals surface area contributed by atoms with Crippen LogP contribution in [-0.4, -0.2) is 32.9 Å². The van der Waals surface area contributed by atoms with E-state index in [4.69, 9.17) is 4.74 Å². The van der Waals surface area contributed by atoms with Gasteiger partial charge in [-0.3, -0.25) is 9.52 Å². The molecule has 148 valence electrons. The Hall–Kier alpha value is -3.13. The highest BCUT2D eigenvalue weighted by atomic mass is 32.2. The molecule has 0 spiro atoms. The summed E-state index contributed by atoms with van der Waals surface area (Å²) in [5.74, 6) is -1.13. The normalized spacial score (nSPS) is 11.4. The van der Waals surface area contributed by atoms with E-state index in [-0.39, 0.29) is 17.3 Å². The van der Waals surface area contributed by atoms with Crippen LogP contribution in [0.15, 0.2) is 60.0 Å². The molecule has 0 saturated carbocycles. The first-order chi connectivity index (χ1) is 13.2. The third kappa shape index (κ3) is 7.24. The van der Waals surface area contributed by atoms with Crippen LogP contribution >= 0.6 is 0 Å². The van der Waals surface area contributed by atoms with Gasteiger partial charge in [0, 0.05) is 11.7 Å². The summed E-state index contributed by atoms with van der Waals surface area (Å²) >= 11 is 0. The minimum absolute atomic E-state index is 0.0622. The van der Waals surface area contributed by atoms with Gasteiger partial charge in [0.1, 0.15) is 0 Å². The summed E-state index contributed by atoms with van der Waals surface area (Å²) in [6.45, 7) is 3.18. The molecule has 28 heavy (non-hydrogen) atoms. The van der Waals surface area contributed by atoms with E-state index in [1.54, 1.807) is 38.1 Å². The molecule has 8 heteroatoms. The van der Waals surface area contributed by atoms with Gasteiger partial charge in [-0.25, -0.2) is 13.2 Å². The number of nitrogens with one attached hydrogen (secondary N) is 2. The van der Waals surface area contributed by atoms with Gasteiger partial charge in [-0.2, -0.15) is 0 Å². The quantitative estimate of drug-likeness (QED) is 0.661. The van der Waals surface area contributed by atoms with Gasteiger partial charge >= 0.3 is 5.97 Å². The number of ether oxygens (including phenoxy) is 1. The standard InChI is InChI=1S/C20H22N2O5S/c1-15(2)21-19(23)14-27-20(24)17-9-6-10-18(13-17)22-28(25,26)12-11-16-7-4-3-5-8-16/h3-13,15,22H,14H2,1-2H3,(H,21,23)/b12-11+. The summed E-state index contributed by atoms with van der Waals surface area (Å²) in [7, 11) is -3.76. The molecule has 0 unspecified atom stereocenters. The smallest absolute Gasteiger partial charge is 0.338 e. The van der Waals surface area contributed by atoms with Crippen molar-refractivity contribution in [2.24, 2.45) is 0 Å². The second-order valence-electron chi connectivity index (χ2n) is 6.24. The molecule has 2 rings (SSSR count). The number of amides is 1. The molecule has 0 aliphatic carbocycles. The lowest BCUT2D eigenvalue weighted by Gasteiger charge is -2.10. The summed E-state index contributed by atoms with van der Waals surface area (Å²) in [6.07, 6.45) is 1.47. The Labute approximate surface area is 164 Å². The van der Waals surface area contributed by atoms with Crippen molar-refractivity contribution < 1.29 is 22.7 Å². The summed E-state index contributed by atoms with van der Waals surface area (Å²) in [5.41, 5.74) is 1.08. The molecular weight excluding hydrogens is 380 g/mol. The van der Waals surface area contributed by atoms with Crippen LogP contribution in [0, 0.1) is 0 Å². The van der Waals surface area contributed by atoms with Crippen LogP contribution in [0.5, 0.6) is 0 Å². The number of sulfonamides is 1. The number of esters is 1. The molecule has 0 heterocycles. The van der Waals surface area contributed by atoms with Crippen molar-refractivity contribution in [3.05, 3.63) is 71.1 Å². The Bertz CT molecular complexity index is 954. The van der Waals surface area contributed by atoms with E-state index in [1.165, 1.54) is 30.3 Å². The fraction of sp³-hybridized carbons (Fsp3) is 0.200. The van der Waals surface area contributed by atoms with E-state index in [0.29, 0.717) is 0 Å². The van der Waals surface area contributed by atoms with E-state index in [0.717, 1.165) is 11.0 Å². The van der Waals surface area contributed by atoms with Crippen molar-refractivity contribution >= 4 is 33.7 Å². The number of hydrogen-bond acceptors (Lipinski definition) is 5. The second-order valence-corrected chi connectivity index (χ2v) is 7.81. The molecule has 7 nitrogen and oxygen atoms in total. The van der Waals surface area contributed by atoms with Gasteiger partial charge in [-0.15, -0.1) is 0 Å². The van der Waals surface area contributed by atoms with Crippen molar-refractivity contribution in [2.75, 3.05) is 11.3 Å². The maximum atomic E-state index is 12.2. The van der Waals surface area contributed by atoms with Crippen LogP contribution in [0.4, 0.5) is 5.69 Å². The number of hydrogen-bond donors (Lipinski definition) is 2. The minimum Gasteiger partial charge on any atom is -0.452 e. The summed E-state index contributed by atoms with van der Waals surface area (Å²) in [5, 5.41) is 3.65. The molecule has 1 amide bonds. The zero-order valence-corrected chi connectivity index (χ0v) is 16.4. The monoisotopic (exact) mass is 402 g/mol. The van der Waals surface area contributed by atoms with Gasteiger partial charge in [-0.05, 0) is 43.7 Å². The zero-order chi connectivity index (χ0) is 20.6. The highest BCUT2D eigenvalue weighted by Gasteiger charge is 2.13. The highest BCUT2D eigenvalue weighted by Crippen LogP contribution is 2.14. The minimum atomic E-state index is -3.76. The second kappa shape index (κ2) is 9.70. The lowest BCUT2D eigenvalue weighted by atomic mass is 10.2. The Morgan fingerprint density at radius 2 is 1.79 bits per heavy atom. The van der Waals surface area contributed by atoms with Crippen molar-refractivity contribution in [3.8, 4) is 0 Å². The molecule has 2 aromatic carbocycles. The van der Waals surface area contributed by atoms with Crippen molar-refractivity contribution in [1.82, 2.24) is 5.32 Å². The predicted molar refractivity (Wildman–Crippen MR) is 108 cm³/mol. The maximum absolute atomic E-state index is 12.2. The third-order valence-corrected chi connectivity index (χ3v) is 4.40. The van der Waals surface area contributed by atoms with Gasteiger partial charge in [0.2, 0.25) is 0 Å². The molecule has 0 radical (unpaired) electrons. The van der Waals surface area contributed by atoms with Gasteiger partial charge in [0.25, 0.3) is 15.9 Å². The van der Waals surface area contributed by atoms with E-state index >= 15 is 0 Å². The Morgan fingerprint density at radius 3 is 2.46 bits per heavy atom. The first-order valence-electron chi connectivity index (χ1n) is 8.58. The van der Waals surface area contributed by atoms with E-state index in [9.17, 15) is 18.0 Å². The topological polar surface area (TPSA) is 102 Å². The lowest BCUT2D eigenvalue weighted by Crippen LogP contribution is -2.33. The SMILES string of the molecule is CC(C)NC(=O)COC(=O)c1cccc(NS(=O)(=O)/C=C/c2ccccc2)c1. The lowest BCUT2D eigenvalue weighted by molar-refractivity contribution is -0.124. The fourth-order valence-corrected chi connectivity index (χ4v) is 3.08. The summed E-state index contributed by atoms with van der Waals surface area (Å²) in [4.78, 5) is 23.6. The average molecular weight is 402 g/mol. The molecule has 0 fully saturated rings. The van der Waals surface area contributed by atoms with Crippen LogP contribution < -0.4 is 10.0 Å². The number of carbonyl (C=O) groups excluding carboxylic acids is 2. The fourth-order valence-electron chi connectivity index (χ4n) is 2.22. The molecule has 0 saturated heterocycles. The average Bonchev–Trinajstić information content (AvgIpc) is 2.65. The summed E-state index contributed by atoms with van der Waals surface area (Å²) in [6, 6.07) is 14.8.